The van der Waals surface area contributed by atoms with Crippen LogP contribution in [0.15, 0.2) is 12.3 Å². The minimum atomic E-state index is 0.152. The third-order valence-electron chi connectivity index (χ3n) is 3.28. The van der Waals surface area contributed by atoms with Gasteiger partial charge in [0.2, 0.25) is 0 Å². The number of hydrogen-bond acceptors (Lipinski definition) is 5. The van der Waals surface area contributed by atoms with Crippen LogP contribution in [0, 0.1) is 0 Å². The zero-order valence-corrected chi connectivity index (χ0v) is 13.3. The summed E-state index contributed by atoms with van der Waals surface area (Å²) in [5.41, 5.74) is 2.32. The molecule has 2 aromatic heterocycles. The summed E-state index contributed by atoms with van der Waals surface area (Å²) in [5.74, 6) is 0. The summed E-state index contributed by atoms with van der Waals surface area (Å²) in [5, 5.41) is 12.3. The van der Waals surface area contributed by atoms with Crippen LogP contribution in [0.5, 0.6) is 0 Å². The predicted molar refractivity (Wildman–Crippen MR) is 81.9 cm³/mol. The summed E-state index contributed by atoms with van der Waals surface area (Å²) in [6, 6.07) is 2.24. The standard InChI is InChI=1S/C14H23N5S/c1-4-7-11-14(20-18-17-11)13(15-9-5-2)12-8-10-16-19(12)6-3/h8,10,13,15H,4-7,9H2,1-3H3. The van der Waals surface area contributed by atoms with E-state index in [1.807, 2.05) is 10.9 Å². The van der Waals surface area contributed by atoms with Crippen LogP contribution in [0.4, 0.5) is 0 Å². The lowest BCUT2D eigenvalue weighted by Crippen LogP contribution is -2.26. The van der Waals surface area contributed by atoms with Crippen molar-refractivity contribution >= 4 is 11.5 Å². The van der Waals surface area contributed by atoms with Gasteiger partial charge in [-0.05, 0) is 43.9 Å². The van der Waals surface area contributed by atoms with Gasteiger partial charge in [0.05, 0.1) is 22.3 Å². The Morgan fingerprint density at radius 2 is 2.15 bits per heavy atom. The molecule has 0 aliphatic rings. The van der Waals surface area contributed by atoms with Crippen LogP contribution < -0.4 is 5.32 Å². The highest BCUT2D eigenvalue weighted by Gasteiger charge is 2.23. The Hall–Kier alpha value is -1.27. The van der Waals surface area contributed by atoms with Crippen LogP contribution in [0.3, 0.4) is 0 Å². The molecular weight excluding hydrogens is 270 g/mol. The summed E-state index contributed by atoms with van der Waals surface area (Å²) in [4.78, 5) is 1.23. The molecule has 0 aliphatic heterocycles. The van der Waals surface area contributed by atoms with Gasteiger partial charge in [-0.15, -0.1) is 5.10 Å². The van der Waals surface area contributed by atoms with E-state index < -0.39 is 0 Å². The molecule has 1 atom stereocenters. The fourth-order valence-corrected chi connectivity index (χ4v) is 3.10. The van der Waals surface area contributed by atoms with E-state index >= 15 is 0 Å². The highest BCUT2D eigenvalue weighted by atomic mass is 32.1. The first-order chi connectivity index (χ1) is 9.81. The van der Waals surface area contributed by atoms with E-state index in [1.54, 1.807) is 0 Å². The van der Waals surface area contributed by atoms with E-state index in [0.29, 0.717) is 0 Å². The molecule has 110 valence electrons. The van der Waals surface area contributed by atoms with Crippen molar-refractivity contribution in [1.29, 1.82) is 0 Å². The van der Waals surface area contributed by atoms with Crippen molar-refractivity contribution in [3.63, 3.8) is 0 Å². The summed E-state index contributed by atoms with van der Waals surface area (Å²) in [6.07, 6.45) is 5.04. The lowest BCUT2D eigenvalue weighted by atomic mass is 10.1. The smallest absolute Gasteiger partial charge is 0.0877 e. The number of hydrogen-bond donors (Lipinski definition) is 1. The minimum absolute atomic E-state index is 0.152. The van der Waals surface area contributed by atoms with Crippen molar-refractivity contribution in [3.8, 4) is 0 Å². The van der Waals surface area contributed by atoms with E-state index in [-0.39, 0.29) is 6.04 Å². The average molecular weight is 293 g/mol. The van der Waals surface area contributed by atoms with Crippen molar-refractivity contribution in [3.05, 3.63) is 28.5 Å². The molecule has 1 unspecified atom stereocenters. The van der Waals surface area contributed by atoms with E-state index in [4.69, 9.17) is 0 Å². The van der Waals surface area contributed by atoms with Crippen LogP contribution in [-0.2, 0) is 13.0 Å². The number of aromatic nitrogens is 4. The molecule has 0 bridgehead atoms. The third kappa shape index (κ3) is 3.24. The van der Waals surface area contributed by atoms with Crippen LogP contribution >= 0.6 is 11.5 Å². The molecule has 1 N–H and O–H groups in total. The molecule has 0 spiro atoms. The van der Waals surface area contributed by atoms with Gasteiger partial charge in [0.25, 0.3) is 0 Å². The Morgan fingerprint density at radius 3 is 2.85 bits per heavy atom. The molecule has 2 heterocycles. The summed E-state index contributed by atoms with van der Waals surface area (Å²) < 4.78 is 6.20. The molecule has 0 saturated carbocycles. The normalized spacial score (nSPS) is 12.8. The lowest BCUT2D eigenvalue weighted by Gasteiger charge is -2.19. The fourth-order valence-electron chi connectivity index (χ4n) is 2.32. The second kappa shape index (κ2) is 7.50. The average Bonchev–Trinajstić information content (AvgIpc) is 3.09. The van der Waals surface area contributed by atoms with Crippen molar-refractivity contribution in [2.24, 2.45) is 0 Å². The lowest BCUT2D eigenvalue weighted by molar-refractivity contribution is 0.531. The molecule has 0 aromatic carbocycles. The Kier molecular flexibility index (Phi) is 5.67. The van der Waals surface area contributed by atoms with Gasteiger partial charge in [-0.1, -0.05) is 24.8 Å². The second-order valence-electron chi connectivity index (χ2n) is 4.79. The first kappa shape index (κ1) is 15.1. The van der Waals surface area contributed by atoms with Gasteiger partial charge < -0.3 is 5.32 Å². The number of nitrogens with zero attached hydrogens (tertiary/aromatic N) is 4. The first-order valence-electron chi connectivity index (χ1n) is 7.37. The molecule has 6 heteroatoms. The van der Waals surface area contributed by atoms with Gasteiger partial charge in [0.1, 0.15) is 0 Å². The van der Waals surface area contributed by atoms with Crippen molar-refractivity contribution in [2.45, 2.75) is 52.6 Å². The zero-order chi connectivity index (χ0) is 14.4. The van der Waals surface area contributed by atoms with Crippen LogP contribution in [-0.4, -0.2) is 25.9 Å². The molecule has 0 saturated heterocycles. The second-order valence-corrected chi connectivity index (χ2v) is 5.58. The Labute approximate surface area is 124 Å². The quantitative estimate of drug-likeness (QED) is 0.813. The van der Waals surface area contributed by atoms with Gasteiger partial charge in [0, 0.05) is 12.7 Å². The summed E-state index contributed by atoms with van der Waals surface area (Å²) in [7, 11) is 0. The number of nitrogens with one attached hydrogen (secondary N) is 1. The van der Waals surface area contributed by atoms with Crippen LogP contribution in [0.25, 0.3) is 0 Å². The molecule has 20 heavy (non-hydrogen) atoms. The number of aryl methyl sites for hydroxylation is 2. The van der Waals surface area contributed by atoms with Crippen molar-refractivity contribution in [2.75, 3.05) is 6.54 Å². The minimum Gasteiger partial charge on any atom is -0.304 e. The van der Waals surface area contributed by atoms with Gasteiger partial charge in [-0.2, -0.15) is 5.10 Å². The highest BCUT2D eigenvalue weighted by molar-refractivity contribution is 7.05. The molecular formula is C14H23N5S. The topological polar surface area (TPSA) is 55.6 Å². The van der Waals surface area contributed by atoms with E-state index in [1.165, 1.54) is 22.1 Å². The number of rotatable bonds is 8. The van der Waals surface area contributed by atoms with Gasteiger partial charge in [-0.3, -0.25) is 4.68 Å². The van der Waals surface area contributed by atoms with Gasteiger partial charge >= 0.3 is 0 Å². The fraction of sp³-hybridized carbons (Fsp3) is 0.643. The SMILES string of the molecule is CCCNC(c1snnc1CCC)c1ccnn1CC. The van der Waals surface area contributed by atoms with E-state index in [0.717, 1.165) is 38.0 Å². The van der Waals surface area contributed by atoms with E-state index in [2.05, 4.69) is 46.8 Å². The molecule has 2 rings (SSSR count). The Morgan fingerprint density at radius 1 is 1.30 bits per heavy atom. The Bertz CT molecular complexity index is 519. The van der Waals surface area contributed by atoms with Crippen LogP contribution in [0.1, 0.15) is 55.9 Å². The van der Waals surface area contributed by atoms with Gasteiger partial charge in [0.15, 0.2) is 0 Å². The summed E-state index contributed by atoms with van der Waals surface area (Å²) in [6.45, 7) is 8.32. The third-order valence-corrected chi connectivity index (χ3v) is 4.11. The maximum Gasteiger partial charge on any atom is 0.0877 e. The monoisotopic (exact) mass is 293 g/mol. The predicted octanol–water partition coefficient (Wildman–Crippen LogP) is 2.80. The van der Waals surface area contributed by atoms with Gasteiger partial charge in [-0.25, -0.2) is 0 Å². The van der Waals surface area contributed by atoms with E-state index in [9.17, 15) is 0 Å². The molecule has 0 amide bonds. The first-order valence-corrected chi connectivity index (χ1v) is 8.15. The van der Waals surface area contributed by atoms with Crippen molar-refractivity contribution in [1.82, 2.24) is 24.7 Å². The van der Waals surface area contributed by atoms with Crippen molar-refractivity contribution < 1.29 is 0 Å². The molecule has 2 aromatic rings. The highest BCUT2D eigenvalue weighted by Crippen LogP contribution is 2.27. The molecule has 0 radical (unpaired) electrons. The Balaban J connectivity index is 2.34. The zero-order valence-electron chi connectivity index (χ0n) is 12.5. The maximum absolute atomic E-state index is 4.39. The maximum atomic E-state index is 4.39. The van der Waals surface area contributed by atoms with Crippen LogP contribution in [0.2, 0.25) is 0 Å². The molecule has 0 aliphatic carbocycles. The molecule has 5 nitrogen and oxygen atoms in total. The molecule has 0 fully saturated rings. The largest absolute Gasteiger partial charge is 0.304 e. The summed E-state index contributed by atoms with van der Waals surface area (Å²) >= 11 is 1.50.